The second-order valence-electron chi connectivity index (χ2n) is 4.31. The Kier molecular flexibility index (Phi) is 4.30. The van der Waals surface area contributed by atoms with Gasteiger partial charge in [0.25, 0.3) is 0 Å². The first-order valence-electron chi connectivity index (χ1n) is 5.98. The first-order valence-corrected chi connectivity index (χ1v) is 7.58. The summed E-state index contributed by atoms with van der Waals surface area (Å²) in [5, 5.41) is 9.02. The smallest absolute Gasteiger partial charge is 0.397 e. The van der Waals surface area contributed by atoms with Gasteiger partial charge in [-0.3, -0.25) is 0 Å². The maximum Gasteiger partial charge on any atom is 0.417 e. The van der Waals surface area contributed by atoms with E-state index in [4.69, 9.17) is 11.0 Å². The SMILES string of the molecule is CCc1c(-c2ccc(Br)c(C(F)(F)F)c2)sc(C#N)c1N. The van der Waals surface area contributed by atoms with Crippen LogP contribution in [0.5, 0.6) is 0 Å². The van der Waals surface area contributed by atoms with Crippen molar-refractivity contribution in [2.24, 2.45) is 0 Å². The number of nitrogens with two attached hydrogens (primary N) is 1. The quantitative estimate of drug-likeness (QED) is 0.783. The molecule has 2 N–H and O–H groups in total. The molecule has 0 saturated heterocycles. The topological polar surface area (TPSA) is 49.8 Å². The van der Waals surface area contributed by atoms with Gasteiger partial charge in [-0.15, -0.1) is 11.3 Å². The van der Waals surface area contributed by atoms with Crippen LogP contribution in [0, 0.1) is 11.3 Å². The molecule has 2 rings (SSSR count). The van der Waals surface area contributed by atoms with Crippen molar-refractivity contribution in [3.05, 3.63) is 38.7 Å². The molecule has 7 heteroatoms. The van der Waals surface area contributed by atoms with Crippen LogP contribution >= 0.6 is 27.3 Å². The summed E-state index contributed by atoms with van der Waals surface area (Å²) in [6.45, 7) is 1.85. The normalized spacial score (nSPS) is 11.4. The molecule has 0 spiro atoms. The maximum atomic E-state index is 13.0. The summed E-state index contributed by atoms with van der Waals surface area (Å²) < 4.78 is 38.9. The van der Waals surface area contributed by atoms with E-state index in [0.29, 0.717) is 33.0 Å². The fourth-order valence-electron chi connectivity index (χ4n) is 2.03. The third kappa shape index (κ3) is 2.92. The van der Waals surface area contributed by atoms with E-state index in [1.54, 1.807) is 6.07 Å². The van der Waals surface area contributed by atoms with Gasteiger partial charge >= 0.3 is 6.18 Å². The van der Waals surface area contributed by atoms with E-state index in [0.717, 1.165) is 17.4 Å². The van der Waals surface area contributed by atoms with Crippen molar-refractivity contribution in [2.45, 2.75) is 19.5 Å². The van der Waals surface area contributed by atoms with Crippen LogP contribution in [0.25, 0.3) is 10.4 Å². The van der Waals surface area contributed by atoms with Crippen LogP contribution in [0.3, 0.4) is 0 Å². The zero-order valence-electron chi connectivity index (χ0n) is 10.9. The molecule has 21 heavy (non-hydrogen) atoms. The lowest BCUT2D eigenvalue weighted by Gasteiger charge is -2.11. The van der Waals surface area contributed by atoms with E-state index in [1.165, 1.54) is 6.07 Å². The number of rotatable bonds is 2. The van der Waals surface area contributed by atoms with E-state index >= 15 is 0 Å². The molecule has 0 atom stereocenters. The lowest BCUT2D eigenvalue weighted by molar-refractivity contribution is -0.138. The van der Waals surface area contributed by atoms with E-state index in [1.807, 2.05) is 13.0 Å². The average molecular weight is 375 g/mol. The number of nitriles is 1. The average Bonchev–Trinajstić information content (AvgIpc) is 2.74. The molecule has 0 radical (unpaired) electrons. The van der Waals surface area contributed by atoms with Gasteiger partial charge in [0, 0.05) is 9.35 Å². The van der Waals surface area contributed by atoms with Crippen molar-refractivity contribution in [3.63, 3.8) is 0 Å². The van der Waals surface area contributed by atoms with Crippen LogP contribution in [-0.4, -0.2) is 0 Å². The minimum Gasteiger partial charge on any atom is -0.397 e. The van der Waals surface area contributed by atoms with Crippen molar-refractivity contribution in [2.75, 3.05) is 5.73 Å². The van der Waals surface area contributed by atoms with Crippen LogP contribution in [0.2, 0.25) is 0 Å². The Morgan fingerprint density at radius 1 is 1.38 bits per heavy atom. The number of benzene rings is 1. The van der Waals surface area contributed by atoms with Gasteiger partial charge in [-0.05, 0) is 29.7 Å². The van der Waals surface area contributed by atoms with E-state index in [-0.39, 0.29) is 4.47 Å². The molecular weight excluding hydrogens is 365 g/mol. The summed E-state index contributed by atoms with van der Waals surface area (Å²) >= 11 is 4.03. The molecule has 2 nitrogen and oxygen atoms in total. The number of hydrogen-bond donors (Lipinski definition) is 1. The second kappa shape index (κ2) is 5.70. The van der Waals surface area contributed by atoms with Crippen molar-refractivity contribution in [1.29, 1.82) is 5.26 Å². The van der Waals surface area contributed by atoms with Gasteiger partial charge in [0.2, 0.25) is 0 Å². The standard InChI is InChI=1S/C14H10BrF3N2S/c1-2-8-12(20)11(6-19)21-13(8)7-3-4-10(15)9(5-7)14(16,17)18/h3-5H,2,20H2,1H3. The van der Waals surface area contributed by atoms with Gasteiger partial charge < -0.3 is 5.73 Å². The highest BCUT2D eigenvalue weighted by Gasteiger charge is 2.33. The number of nitrogens with zero attached hydrogens (tertiary/aromatic N) is 1. The Balaban J connectivity index is 2.66. The van der Waals surface area contributed by atoms with E-state index < -0.39 is 11.7 Å². The van der Waals surface area contributed by atoms with Gasteiger partial charge in [0.15, 0.2) is 0 Å². The third-order valence-corrected chi connectivity index (χ3v) is 4.93. The highest BCUT2D eigenvalue weighted by atomic mass is 79.9. The number of halogens is 4. The van der Waals surface area contributed by atoms with Gasteiger partial charge in [0.05, 0.1) is 11.3 Å². The van der Waals surface area contributed by atoms with Crippen molar-refractivity contribution in [3.8, 4) is 16.5 Å². The number of thiophene rings is 1. The summed E-state index contributed by atoms with van der Waals surface area (Å²) in [6.07, 6.45) is -3.89. The number of hydrogen-bond acceptors (Lipinski definition) is 3. The molecule has 0 unspecified atom stereocenters. The molecule has 0 amide bonds. The molecule has 0 fully saturated rings. The predicted octanol–water partition coefficient (Wildman–Crippen LogP) is 5.21. The Labute approximate surface area is 132 Å². The minimum absolute atomic E-state index is 0.0122. The highest BCUT2D eigenvalue weighted by molar-refractivity contribution is 9.10. The molecule has 1 aromatic heterocycles. The lowest BCUT2D eigenvalue weighted by Crippen LogP contribution is -2.06. The molecular formula is C14H10BrF3N2S. The molecule has 0 aliphatic carbocycles. The van der Waals surface area contributed by atoms with Crippen molar-refractivity contribution in [1.82, 2.24) is 0 Å². The molecule has 1 heterocycles. The van der Waals surface area contributed by atoms with Gasteiger partial charge in [0.1, 0.15) is 10.9 Å². The summed E-state index contributed by atoms with van der Waals surface area (Å²) in [6, 6.07) is 6.01. The first kappa shape index (κ1) is 15.9. The maximum absolute atomic E-state index is 13.0. The number of anilines is 1. The molecule has 0 aliphatic heterocycles. The number of nitrogen functional groups attached to an aromatic ring is 1. The largest absolute Gasteiger partial charge is 0.417 e. The summed E-state index contributed by atoms with van der Waals surface area (Å²) in [5.41, 5.74) is 6.62. The van der Waals surface area contributed by atoms with Crippen LogP contribution in [0.4, 0.5) is 18.9 Å². The summed E-state index contributed by atoms with van der Waals surface area (Å²) in [7, 11) is 0. The molecule has 0 saturated carbocycles. The fraction of sp³-hybridized carbons (Fsp3) is 0.214. The Morgan fingerprint density at radius 2 is 2.05 bits per heavy atom. The van der Waals surface area contributed by atoms with E-state index in [9.17, 15) is 13.2 Å². The molecule has 0 aliphatic rings. The van der Waals surface area contributed by atoms with Crippen LogP contribution in [0.1, 0.15) is 22.9 Å². The van der Waals surface area contributed by atoms with Crippen LogP contribution in [0.15, 0.2) is 22.7 Å². The third-order valence-electron chi connectivity index (χ3n) is 3.04. The van der Waals surface area contributed by atoms with Gasteiger partial charge in [-0.25, -0.2) is 0 Å². The van der Waals surface area contributed by atoms with Crippen molar-refractivity contribution >= 4 is 33.0 Å². The number of alkyl halides is 3. The highest BCUT2D eigenvalue weighted by Crippen LogP contribution is 2.42. The molecule has 1 aromatic carbocycles. The lowest BCUT2D eigenvalue weighted by atomic mass is 10.0. The fourth-order valence-corrected chi connectivity index (χ4v) is 3.61. The van der Waals surface area contributed by atoms with Crippen LogP contribution < -0.4 is 5.73 Å². The zero-order valence-corrected chi connectivity index (χ0v) is 13.3. The second-order valence-corrected chi connectivity index (χ2v) is 6.19. The Morgan fingerprint density at radius 3 is 2.57 bits per heavy atom. The summed E-state index contributed by atoms with van der Waals surface area (Å²) in [4.78, 5) is 0.947. The van der Waals surface area contributed by atoms with Gasteiger partial charge in [-0.1, -0.05) is 28.9 Å². The Hall–Kier alpha value is -1.52. The van der Waals surface area contributed by atoms with E-state index in [2.05, 4.69) is 15.9 Å². The first-order chi connectivity index (χ1) is 9.79. The minimum atomic E-state index is -4.44. The predicted molar refractivity (Wildman–Crippen MR) is 81.0 cm³/mol. The summed E-state index contributed by atoms with van der Waals surface area (Å²) in [5.74, 6) is 0. The monoisotopic (exact) mass is 374 g/mol. The molecule has 0 bridgehead atoms. The Bertz CT molecular complexity index is 729. The van der Waals surface area contributed by atoms with Crippen LogP contribution in [-0.2, 0) is 12.6 Å². The zero-order chi connectivity index (χ0) is 15.8. The molecule has 2 aromatic rings. The van der Waals surface area contributed by atoms with Crippen molar-refractivity contribution < 1.29 is 13.2 Å². The van der Waals surface area contributed by atoms with Gasteiger partial charge in [-0.2, -0.15) is 18.4 Å². The molecule has 110 valence electrons.